The normalized spacial score (nSPS) is 10.2. The number of aromatic nitrogens is 1. The maximum Gasteiger partial charge on any atom is 0.123 e. The lowest BCUT2D eigenvalue weighted by molar-refractivity contribution is 0.626. The van der Waals surface area contributed by atoms with E-state index >= 15 is 0 Å². The topological polar surface area (TPSA) is 38.9 Å². The fourth-order valence-electron chi connectivity index (χ4n) is 1.70. The van der Waals surface area contributed by atoms with Crippen molar-refractivity contribution in [1.82, 2.24) is 4.98 Å². The van der Waals surface area contributed by atoms with Gasteiger partial charge in [-0.2, -0.15) is 0 Å². The summed E-state index contributed by atoms with van der Waals surface area (Å²) in [6, 6.07) is 8.22. The van der Waals surface area contributed by atoms with Crippen LogP contribution in [0.4, 0.5) is 10.2 Å². The Labute approximate surface area is 99.6 Å². The first-order chi connectivity index (χ1) is 8.08. The highest BCUT2D eigenvalue weighted by Gasteiger charge is 2.06. The number of rotatable bonds is 2. The van der Waals surface area contributed by atoms with Crippen LogP contribution in [0, 0.1) is 12.7 Å². The first-order valence-corrected chi connectivity index (χ1v) is 5.25. The van der Waals surface area contributed by atoms with Crippen molar-refractivity contribution in [3.63, 3.8) is 0 Å². The molecule has 0 atom stereocenters. The van der Waals surface area contributed by atoms with Crippen molar-refractivity contribution in [3.8, 4) is 0 Å². The molecule has 1 aromatic heterocycles. The van der Waals surface area contributed by atoms with Gasteiger partial charge in [-0.15, -0.1) is 0 Å². The largest absolute Gasteiger partial charge is 0.384 e. The Hall–Kier alpha value is -2.16. The molecular formula is C14H13FN2. The maximum atomic E-state index is 13.0. The molecule has 0 radical (unpaired) electrons. The predicted molar refractivity (Wildman–Crippen MR) is 67.9 cm³/mol. The van der Waals surface area contributed by atoms with Crippen molar-refractivity contribution in [2.75, 3.05) is 5.73 Å². The van der Waals surface area contributed by atoms with Crippen LogP contribution >= 0.6 is 0 Å². The number of halogens is 1. The summed E-state index contributed by atoms with van der Waals surface area (Å²) in [7, 11) is 0. The molecule has 2 N–H and O–H groups in total. The van der Waals surface area contributed by atoms with Crippen LogP contribution in [0.3, 0.4) is 0 Å². The van der Waals surface area contributed by atoms with Crippen molar-refractivity contribution in [3.05, 3.63) is 65.6 Å². The van der Waals surface area contributed by atoms with Crippen molar-refractivity contribution in [2.45, 2.75) is 6.92 Å². The van der Waals surface area contributed by atoms with E-state index in [1.165, 1.54) is 12.1 Å². The van der Waals surface area contributed by atoms with E-state index in [9.17, 15) is 4.39 Å². The third-order valence-electron chi connectivity index (χ3n) is 2.65. The predicted octanol–water partition coefficient (Wildman–Crippen LogP) is 3.17. The Bertz CT molecular complexity index is 559. The zero-order valence-corrected chi connectivity index (χ0v) is 9.57. The average Bonchev–Trinajstić information content (AvgIpc) is 2.29. The molecule has 0 aliphatic heterocycles. The molecule has 0 saturated heterocycles. The minimum atomic E-state index is -0.241. The van der Waals surface area contributed by atoms with Crippen LogP contribution < -0.4 is 5.73 Å². The highest BCUT2D eigenvalue weighted by atomic mass is 19.1. The van der Waals surface area contributed by atoms with Gasteiger partial charge in [0, 0.05) is 11.8 Å². The Morgan fingerprint density at radius 1 is 1.29 bits per heavy atom. The number of hydrogen-bond donors (Lipinski definition) is 1. The van der Waals surface area contributed by atoms with Gasteiger partial charge in [-0.1, -0.05) is 12.6 Å². The molecule has 0 bridgehead atoms. The number of pyridine rings is 1. The molecule has 2 nitrogen and oxygen atoms in total. The monoisotopic (exact) mass is 228 g/mol. The second-order valence-corrected chi connectivity index (χ2v) is 3.91. The van der Waals surface area contributed by atoms with E-state index in [1.807, 2.05) is 13.0 Å². The van der Waals surface area contributed by atoms with Crippen LogP contribution in [0.5, 0.6) is 0 Å². The van der Waals surface area contributed by atoms with E-state index in [1.54, 1.807) is 18.3 Å². The second kappa shape index (κ2) is 4.37. The van der Waals surface area contributed by atoms with Crippen LogP contribution in [0.25, 0.3) is 5.57 Å². The van der Waals surface area contributed by atoms with Gasteiger partial charge in [0.1, 0.15) is 11.6 Å². The molecule has 0 spiro atoms. The lowest BCUT2D eigenvalue weighted by Gasteiger charge is -2.09. The Morgan fingerprint density at radius 2 is 2.06 bits per heavy atom. The van der Waals surface area contributed by atoms with Crippen molar-refractivity contribution in [1.29, 1.82) is 0 Å². The fraction of sp³-hybridized carbons (Fsp3) is 0.0714. The third kappa shape index (κ3) is 2.33. The van der Waals surface area contributed by atoms with Crippen LogP contribution in [-0.4, -0.2) is 4.98 Å². The summed E-state index contributed by atoms with van der Waals surface area (Å²) in [4.78, 5) is 4.02. The van der Waals surface area contributed by atoms with Gasteiger partial charge in [0.05, 0.1) is 0 Å². The quantitative estimate of drug-likeness (QED) is 0.857. The second-order valence-electron chi connectivity index (χ2n) is 3.91. The van der Waals surface area contributed by atoms with Gasteiger partial charge >= 0.3 is 0 Å². The first-order valence-electron chi connectivity index (χ1n) is 5.25. The van der Waals surface area contributed by atoms with E-state index in [4.69, 9.17) is 5.73 Å². The van der Waals surface area contributed by atoms with Crippen molar-refractivity contribution < 1.29 is 4.39 Å². The highest BCUT2D eigenvalue weighted by Crippen LogP contribution is 2.24. The number of nitrogen functional groups attached to an aromatic ring is 1. The van der Waals surface area contributed by atoms with Gasteiger partial charge in [0.15, 0.2) is 0 Å². The summed E-state index contributed by atoms with van der Waals surface area (Å²) in [6.45, 7) is 5.87. The molecule has 0 amide bonds. The molecule has 86 valence electrons. The SMILES string of the molecule is C=C(c1ccc(N)nc1)c1ccc(F)cc1C. The van der Waals surface area contributed by atoms with E-state index in [-0.39, 0.29) is 5.82 Å². The Balaban J connectivity index is 2.40. The minimum Gasteiger partial charge on any atom is -0.384 e. The molecular weight excluding hydrogens is 215 g/mol. The van der Waals surface area contributed by atoms with E-state index in [0.717, 1.165) is 22.3 Å². The smallest absolute Gasteiger partial charge is 0.123 e. The molecule has 2 aromatic rings. The van der Waals surface area contributed by atoms with Gasteiger partial charge in [-0.3, -0.25) is 0 Å². The molecule has 17 heavy (non-hydrogen) atoms. The van der Waals surface area contributed by atoms with Crippen LogP contribution in [-0.2, 0) is 0 Å². The number of nitrogens with zero attached hydrogens (tertiary/aromatic N) is 1. The number of benzene rings is 1. The molecule has 0 fully saturated rings. The van der Waals surface area contributed by atoms with Crippen LogP contribution in [0.2, 0.25) is 0 Å². The molecule has 0 unspecified atom stereocenters. The van der Waals surface area contributed by atoms with E-state index in [0.29, 0.717) is 5.82 Å². The molecule has 2 rings (SSSR count). The Morgan fingerprint density at radius 3 is 2.65 bits per heavy atom. The molecule has 0 aliphatic rings. The summed E-state index contributed by atoms with van der Waals surface area (Å²) < 4.78 is 13.0. The molecule has 1 aromatic carbocycles. The Kier molecular flexibility index (Phi) is 2.91. The summed E-state index contributed by atoms with van der Waals surface area (Å²) in [5.41, 5.74) is 8.99. The molecule has 0 aliphatic carbocycles. The fourth-order valence-corrected chi connectivity index (χ4v) is 1.70. The standard InChI is InChI=1S/C14H13FN2/c1-9-7-12(15)4-5-13(9)10(2)11-3-6-14(16)17-8-11/h3-8H,2H2,1H3,(H2,16,17). The van der Waals surface area contributed by atoms with E-state index in [2.05, 4.69) is 11.6 Å². The zero-order valence-electron chi connectivity index (χ0n) is 9.57. The first kappa shape index (κ1) is 11.3. The van der Waals surface area contributed by atoms with Crippen molar-refractivity contribution >= 4 is 11.4 Å². The third-order valence-corrected chi connectivity index (χ3v) is 2.65. The molecule has 3 heteroatoms. The van der Waals surface area contributed by atoms with Crippen molar-refractivity contribution in [2.24, 2.45) is 0 Å². The number of hydrogen-bond acceptors (Lipinski definition) is 2. The summed E-state index contributed by atoms with van der Waals surface area (Å²) >= 11 is 0. The molecule has 0 saturated carbocycles. The summed E-state index contributed by atoms with van der Waals surface area (Å²) in [6.07, 6.45) is 1.67. The summed E-state index contributed by atoms with van der Waals surface area (Å²) in [5, 5.41) is 0. The number of aryl methyl sites for hydroxylation is 1. The lowest BCUT2D eigenvalue weighted by Crippen LogP contribution is -1.94. The van der Waals surface area contributed by atoms with Gasteiger partial charge in [-0.05, 0) is 47.9 Å². The average molecular weight is 228 g/mol. The summed E-state index contributed by atoms with van der Waals surface area (Å²) in [5.74, 6) is 0.229. The van der Waals surface area contributed by atoms with E-state index < -0.39 is 0 Å². The highest BCUT2D eigenvalue weighted by molar-refractivity contribution is 5.79. The number of nitrogens with two attached hydrogens (primary N) is 1. The molecule has 1 heterocycles. The lowest BCUT2D eigenvalue weighted by atomic mass is 9.97. The van der Waals surface area contributed by atoms with Gasteiger partial charge < -0.3 is 5.73 Å². The van der Waals surface area contributed by atoms with Crippen LogP contribution in [0.15, 0.2) is 43.1 Å². The van der Waals surface area contributed by atoms with Gasteiger partial charge in [0.2, 0.25) is 0 Å². The van der Waals surface area contributed by atoms with Crippen LogP contribution in [0.1, 0.15) is 16.7 Å². The van der Waals surface area contributed by atoms with Gasteiger partial charge in [-0.25, -0.2) is 9.37 Å². The maximum absolute atomic E-state index is 13.0. The zero-order chi connectivity index (χ0) is 12.4. The number of anilines is 1. The van der Waals surface area contributed by atoms with Gasteiger partial charge in [0.25, 0.3) is 0 Å². The minimum absolute atomic E-state index is 0.241.